The number of rotatable bonds is 4. The molecule has 0 aliphatic rings. The quantitative estimate of drug-likeness (QED) is 0.441. The van der Waals surface area contributed by atoms with Crippen molar-refractivity contribution >= 4 is 22.6 Å². The van der Waals surface area contributed by atoms with Crippen LogP contribution >= 0.6 is 22.6 Å². The van der Waals surface area contributed by atoms with Gasteiger partial charge < -0.3 is 5.32 Å². The van der Waals surface area contributed by atoms with Gasteiger partial charge in [0.25, 0.3) is 0 Å². The van der Waals surface area contributed by atoms with Crippen LogP contribution in [0.1, 0.15) is 26.7 Å². The van der Waals surface area contributed by atoms with Gasteiger partial charge in [-0.05, 0) is 13.0 Å². The van der Waals surface area contributed by atoms with Crippen LogP contribution in [0.4, 0.5) is 0 Å². The van der Waals surface area contributed by atoms with Gasteiger partial charge in [-0.1, -0.05) is 42.9 Å². The first-order valence-corrected chi connectivity index (χ1v) is 4.43. The van der Waals surface area contributed by atoms with Gasteiger partial charge in [-0.25, -0.2) is 0 Å². The number of hydrogen-bond acceptors (Lipinski definition) is 1. The molecule has 0 aliphatic heterocycles. The Kier molecular flexibility index (Phi) is 6.32. The Morgan fingerprint density at radius 2 is 2.12 bits per heavy atom. The van der Waals surface area contributed by atoms with E-state index in [1.165, 1.54) is 12.8 Å². The third-order valence-electron chi connectivity index (χ3n) is 0.968. The smallest absolute Gasteiger partial charge is 0.0593 e. The van der Waals surface area contributed by atoms with Crippen molar-refractivity contribution in [3.05, 3.63) is 0 Å². The predicted molar refractivity (Wildman–Crippen MR) is 46.4 cm³/mol. The molecular weight excluding hydrogens is 213 g/mol. The molecule has 0 amide bonds. The van der Waals surface area contributed by atoms with Crippen molar-refractivity contribution < 1.29 is 0 Å². The third-order valence-corrected chi connectivity index (χ3v) is 2.03. The highest BCUT2D eigenvalue weighted by molar-refractivity contribution is 14.1. The average molecular weight is 227 g/mol. The molecule has 0 saturated carbocycles. The van der Waals surface area contributed by atoms with Gasteiger partial charge in [-0.15, -0.1) is 0 Å². The largest absolute Gasteiger partial charge is 0.306 e. The minimum atomic E-state index is 0.683. The predicted octanol–water partition coefficient (Wildman–Crippen LogP) is 2.16. The SMILES string of the molecule is CCCC(I)NCC. The molecule has 0 aromatic rings. The fraction of sp³-hybridized carbons (Fsp3) is 1.00. The zero-order chi connectivity index (χ0) is 6.41. The standard InChI is InChI=1S/C6H14IN/c1-3-5-6(7)8-4-2/h6,8H,3-5H2,1-2H3. The van der Waals surface area contributed by atoms with E-state index in [-0.39, 0.29) is 0 Å². The molecule has 8 heavy (non-hydrogen) atoms. The minimum absolute atomic E-state index is 0.683. The second-order valence-corrected chi connectivity index (χ2v) is 3.32. The maximum Gasteiger partial charge on any atom is 0.0593 e. The monoisotopic (exact) mass is 227 g/mol. The summed E-state index contributed by atoms with van der Waals surface area (Å²) in [5, 5.41) is 3.33. The van der Waals surface area contributed by atoms with Crippen molar-refractivity contribution in [3.8, 4) is 0 Å². The van der Waals surface area contributed by atoms with Gasteiger partial charge in [0.2, 0.25) is 0 Å². The van der Waals surface area contributed by atoms with Gasteiger partial charge in [0.15, 0.2) is 0 Å². The zero-order valence-corrected chi connectivity index (χ0v) is 7.73. The summed E-state index contributed by atoms with van der Waals surface area (Å²) in [4.78, 5) is 0. The maximum absolute atomic E-state index is 3.33. The van der Waals surface area contributed by atoms with Crippen molar-refractivity contribution in [2.75, 3.05) is 6.54 Å². The lowest BCUT2D eigenvalue weighted by molar-refractivity contribution is 0.641. The van der Waals surface area contributed by atoms with E-state index < -0.39 is 0 Å². The third kappa shape index (κ3) is 4.84. The van der Waals surface area contributed by atoms with Crippen molar-refractivity contribution in [2.45, 2.75) is 30.7 Å². The second-order valence-electron chi connectivity index (χ2n) is 1.81. The summed E-state index contributed by atoms with van der Waals surface area (Å²) in [6, 6.07) is 0. The van der Waals surface area contributed by atoms with Gasteiger partial charge in [-0.3, -0.25) is 0 Å². The van der Waals surface area contributed by atoms with Gasteiger partial charge in [0.1, 0.15) is 0 Å². The highest BCUT2D eigenvalue weighted by atomic mass is 127. The molecule has 0 aromatic heterocycles. The Labute approximate surface area is 65.4 Å². The summed E-state index contributed by atoms with van der Waals surface area (Å²) >= 11 is 2.43. The van der Waals surface area contributed by atoms with Crippen molar-refractivity contribution in [1.29, 1.82) is 0 Å². The number of halogens is 1. The average Bonchev–Trinajstić information content (AvgIpc) is 1.68. The Balaban J connectivity index is 2.92. The number of nitrogens with one attached hydrogen (secondary N) is 1. The zero-order valence-electron chi connectivity index (χ0n) is 5.58. The maximum atomic E-state index is 3.33. The molecule has 0 heterocycles. The van der Waals surface area contributed by atoms with Gasteiger partial charge in [-0.2, -0.15) is 0 Å². The molecule has 0 aliphatic carbocycles. The Morgan fingerprint density at radius 1 is 1.50 bits per heavy atom. The summed E-state index contributed by atoms with van der Waals surface area (Å²) in [5.74, 6) is 0. The topological polar surface area (TPSA) is 12.0 Å². The van der Waals surface area contributed by atoms with Crippen LogP contribution in [0.5, 0.6) is 0 Å². The second kappa shape index (κ2) is 5.82. The van der Waals surface area contributed by atoms with Crippen LogP contribution in [0, 0.1) is 0 Å². The fourth-order valence-electron chi connectivity index (χ4n) is 0.577. The van der Waals surface area contributed by atoms with Crippen molar-refractivity contribution in [1.82, 2.24) is 5.32 Å². The first kappa shape index (κ1) is 8.69. The van der Waals surface area contributed by atoms with Crippen LogP contribution in [-0.4, -0.2) is 10.6 Å². The lowest BCUT2D eigenvalue weighted by Crippen LogP contribution is -2.21. The fourth-order valence-corrected chi connectivity index (χ4v) is 1.64. The van der Waals surface area contributed by atoms with Gasteiger partial charge >= 0.3 is 0 Å². The van der Waals surface area contributed by atoms with Crippen LogP contribution in [0.3, 0.4) is 0 Å². The van der Waals surface area contributed by atoms with E-state index in [1.807, 2.05) is 0 Å². The Morgan fingerprint density at radius 3 is 2.50 bits per heavy atom. The van der Waals surface area contributed by atoms with Crippen molar-refractivity contribution in [2.24, 2.45) is 0 Å². The summed E-state index contributed by atoms with van der Waals surface area (Å²) in [6.07, 6.45) is 2.56. The summed E-state index contributed by atoms with van der Waals surface area (Å²) in [5.41, 5.74) is 0. The van der Waals surface area contributed by atoms with Crippen molar-refractivity contribution in [3.63, 3.8) is 0 Å². The minimum Gasteiger partial charge on any atom is -0.306 e. The molecule has 1 nitrogen and oxygen atoms in total. The normalized spacial score (nSPS) is 13.9. The van der Waals surface area contributed by atoms with Crippen LogP contribution in [0.15, 0.2) is 0 Å². The van der Waals surface area contributed by atoms with Crippen LogP contribution < -0.4 is 5.32 Å². The molecule has 0 aromatic carbocycles. The molecular formula is C6H14IN. The van der Waals surface area contributed by atoms with Gasteiger partial charge in [0, 0.05) is 0 Å². The molecule has 1 atom stereocenters. The highest BCUT2D eigenvalue weighted by Crippen LogP contribution is 2.03. The lowest BCUT2D eigenvalue weighted by atomic mass is 10.3. The number of hydrogen-bond donors (Lipinski definition) is 1. The van der Waals surface area contributed by atoms with E-state index in [1.54, 1.807) is 0 Å². The van der Waals surface area contributed by atoms with E-state index in [2.05, 4.69) is 41.8 Å². The molecule has 1 N–H and O–H groups in total. The highest BCUT2D eigenvalue weighted by Gasteiger charge is 1.95. The van der Waals surface area contributed by atoms with Gasteiger partial charge in [0.05, 0.1) is 4.05 Å². The summed E-state index contributed by atoms with van der Waals surface area (Å²) in [6.45, 7) is 5.44. The van der Waals surface area contributed by atoms with E-state index in [9.17, 15) is 0 Å². The lowest BCUT2D eigenvalue weighted by Gasteiger charge is -2.06. The Bertz CT molecular complexity index is 41.8. The van der Waals surface area contributed by atoms with Crippen LogP contribution in [0.25, 0.3) is 0 Å². The van der Waals surface area contributed by atoms with E-state index in [0.29, 0.717) is 4.05 Å². The molecule has 0 rings (SSSR count). The molecule has 50 valence electrons. The summed E-state index contributed by atoms with van der Waals surface area (Å²) < 4.78 is 0.683. The molecule has 0 saturated heterocycles. The molecule has 0 spiro atoms. The molecule has 1 unspecified atom stereocenters. The molecule has 0 fully saturated rings. The molecule has 0 bridgehead atoms. The van der Waals surface area contributed by atoms with Crippen LogP contribution in [-0.2, 0) is 0 Å². The first-order valence-electron chi connectivity index (χ1n) is 3.18. The number of alkyl halides is 1. The first-order chi connectivity index (χ1) is 3.81. The molecule has 0 radical (unpaired) electrons. The van der Waals surface area contributed by atoms with E-state index >= 15 is 0 Å². The van der Waals surface area contributed by atoms with Crippen LogP contribution in [0.2, 0.25) is 0 Å². The van der Waals surface area contributed by atoms with E-state index in [0.717, 1.165) is 6.54 Å². The molecule has 2 heteroatoms. The summed E-state index contributed by atoms with van der Waals surface area (Å²) in [7, 11) is 0. The Hall–Kier alpha value is 0.690. The van der Waals surface area contributed by atoms with E-state index in [4.69, 9.17) is 0 Å².